The summed E-state index contributed by atoms with van der Waals surface area (Å²) in [5.41, 5.74) is 0. The average molecular weight is 682 g/mol. The molecule has 0 fully saturated rings. The van der Waals surface area contributed by atoms with Crippen LogP contribution < -0.4 is 5.11 Å². The van der Waals surface area contributed by atoms with Crippen LogP contribution >= 0.6 is 0 Å². The third kappa shape index (κ3) is 30.2. The number of carboxylic acid groups (broad SMARTS) is 1. The Morgan fingerprint density at radius 1 is 0.604 bits per heavy atom. The van der Waals surface area contributed by atoms with E-state index in [2.05, 4.69) is 26.0 Å². The van der Waals surface area contributed by atoms with Crippen molar-refractivity contribution in [2.24, 2.45) is 0 Å². The lowest BCUT2D eigenvalue weighted by Crippen LogP contribution is -2.55. The fraction of sp³-hybridized carbons (Fsp3) is 0.875. The van der Waals surface area contributed by atoms with Gasteiger partial charge in [-0.2, -0.15) is 0 Å². The van der Waals surface area contributed by atoms with Crippen molar-refractivity contribution in [3.05, 3.63) is 12.2 Å². The van der Waals surface area contributed by atoms with Crippen molar-refractivity contribution in [1.82, 2.24) is 0 Å². The summed E-state index contributed by atoms with van der Waals surface area (Å²) in [6.45, 7) is 4.63. The number of rotatable bonds is 35. The molecule has 0 N–H and O–H groups in total. The Bertz CT molecular complexity index is 808. The third-order valence-electron chi connectivity index (χ3n) is 8.90. The molecule has 2 unspecified atom stereocenters. The second kappa shape index (κ2) is 32.3. The lowest BCUT2D eigenvalue weighted by molar-refractivity contribution is -0.889. The summed E-state index contributed by atoms with van der Waals surface area (Å²) in [6, 6.07) is -0.721. The Hall–Kier alpha value is -1.93. The van der Waals surface area contributed by atoms with Gasteiger partial charge in [0.15, 0.2) is 6.10 Å². The minimum absolute atomic E-state index is 0.0422. The molecule has 48 heavy (non-hydrogen) atoms. The molecule has 8 heteroatoms. The second-order valence-corrected chi connectivity index (χ2v) is 14.5. The number of nitrogens with zero attached hydrogens (tertiary/aromatic N) is 1. The van der Waals surface area contributed by atoms with E-state index in [0.717, 1.165) is 51.4 Å². The SMILES string of the molecule is CCCCCC/C=C\CCCCCCCC(=O)OC(COCCC(C(=O)[O-])[N+](C)(C)C)COC(=O)CCCCCCCCCCCCC. The Kier molecular flexibility index (Phi) is 31.0. The van der Waals surface area contributed by atoms with Crippen LogP contribution in [0.2, 0.25) is 0 Å². The topological polar surface area (TPSA) is 102 Å². The summed E-state index contributed by atoms with van der Waals surface area (Å²) in [4.78, 5) is 36.6. The molecular weight excluding hydrogens is 606 g/mol. The van der Waals surface area contributed by atoms with Crippen molar-refractivity contribution >= 4 is 17.9 Å². The van der Waals surface area contributed by atoms with E-state index in [0.29, 0.717) is 12.8 Å². The Balaban J connectivity index is 4.41. The van der Waals surface area contributed by atoms with Crippen molar-refractivity contribution < 1.29 is 38.2 Å². The normalized spacial score (nSPS) is 13.1. The lowest BCUT2D eigenvalue weighted by Gasteiger charge is -2.34. The first-order chi connectivity index (χ1) is 23.1. The minimum Gasteiger partial charge on any atom is -0.544 e. The molecule has 0 aliphatic rings. The summed E-state index contributed by atoms with van der Waals surface area (Å²) in [7, 11) is 5.40. The van der Waals surface area contributed by atoms with Crippen LogP contribution in [0.5, 0.6) is 0 Å². The Morgan fingerprint density at radius 2 is 1.04 bits per heavy atom. The van der Waals surface area contributed by atoms with E-state index < -0.39 is 18.1 Å². The van der Waals surface area contributed by atoms with Crippen molar-refractivity contribution in [3.63, 3.8) is 0 Å². The van der Waals surface area contributed by atoms with Gasteiger partial charge >= 0.3 is 11.9 Å². The third-order valence-corrected chi connectivity index (χ3v) is 8.90. The highest BCUT2D eigenvalue weighted by Gasteiger charge is 2.25. The summed E-state index contributed by atoms with van der Waals surface area (Å²) >= 11 is 0. The summed E-state index contributed by atoms with van der Waals surface area (Å²) < 4.78 is 17.1. The number of ether oxygens (including phenoxy) is 3. The number of hydrogen-bond acceptors (Lipinski definition) is 7. The number of aliphatic carboxylic acids is 1. The first-order valence-electron chi connectivity index (χ1n) is 19.7. The van der Waals surface area contributed by atoms with Gasteiger partial charge in [-0.05, 0) is 38.5 Å². The zero-order chi connectivity index (χ0) is 35.7. The van der Waals surface area contributed by atoms with Crippen LogP contribution in [0.1, 0.15) is 174 Å². The van der Waals surface area contributed by atoms with Crippen LogP contribution in [-0.2, 0) is 28.6 Å². The van der Waals surface area contributed by atoms with Gasteiger partial charge in [0.05, 0.1) is 40.3 Å². The maximum absolute atomic E-state index is 12.6. The number of carbonyl (C=O) groups excluding carboxylic acids is 3. The molecule has 0 amide bonds. The fourth-order valence-electron chi connectivity index (χ4n) is 5.77. The monoisotopic (exact) mass is 682 g/mol. The molecule has 8 nitrogen and oxygen atoms in total. The smallest absolute Gasteiger partial charge is 0.306 e. The van der Waals surface area contributed by atoms with Crippen LogP contribution in [0.25, 0.3) is 0 Å². The van der Waals surface area contributed by atoms with Crippen LogP contribution in [0.15, 0.2) is 12.2 Å². The molecule has 0 radical (unpaired) electrons. The molecule has 282 valence electrons. The maximum Gasteiger partial charge on any atom is 0.306 e. The molecule has 0 aliphatic heterocycles. The summed E-state index contributed by atoms with van der Waals surface area (Å²) in [5, 5.41) is 11.6. The minimum atomic E-state index is -1.13. The molecule has 2 atom stereocenters. The number of hydrogen-bond donors (Lipinski definition) is 0. The van der Waals surface area contributed by atoms with Crippen molar-refractivity contribution in [3.8, 4) is 0 Å². The standard InChI is InChI=1S/C40H75NO7/c1-6-8-10-12-14-16-18-19-21-23-25-27-29-31-39(43)48-36(34-46-33-32-37(40(44)45)41(3,4)5)35-47-38(42)30-28-26-24-22-20-17-15-13-11-9-7-2/h16,18,36-37H,6-15,17,19-35H2,1-5H3/b18-16-. The molecule has 0 heterocycles. The zero-order valence-electron chi connectivity index (χ0n) is 31.9. The number of unbranched alkanes of at least 4 members (excludes halogenated alkanes) is 19. The van der Waals surface area contributed by atoms with E-state index in [1.54, 1.807) is 21.1 Å². The van der Waals surface area contributed by atoms with Gasteiger partial charge < -0.3 is 28.6 Å². The highest BCUT2D eigenvalue weighted by molar-refractivity contribution is 5.70. The van der Waals surface area contributed by atoms with Gasteiger partial charge in [-0.3, -0.25) is 9.59 Å². The molecule has 0 bridgehead atoms. The highest BCUT2D eigenvalue weighted by Crippen LogP contribution is 2.14. The number of carboxylic acids is 1. The van der Waals surface area contributed by atoms with Crippen LogP contribution in [0.4, 0.5) is 0 Å². The number of esters is 2. The number of allylic oxidation sites excluding steroid dienone is 2. The van der Waals surface area contributed by atoms with Crippen LogP contribution in [-0.4, -0.2) is 75.5 Å². The zero-order valence-corrected chi connectivity index (χ0v) is 31.9. The molecule has 0 aromatic rings. The predicted molar refractivity (Wildman–Crippen MR) is 194 cm³/mol. The highest BCUT2D eigenvalue weighted by atomic mass is 16.6. The van der Waals surface area contributed by atoms with Gasteiger partial charge in [-0.1, -0.05) is 129 Å². The Labute approximate surface area is 295 Å². The Morgan fingerprint density at radius 3 is 1.52 bits per heavy atom. The lowest BCUT2D eigenvalue weighted by atomic mass is 10.1. The van der Waals surface area contributed by atoms with Gasteiger partial charge in [-0.15, -0.1) is 0 Å². The molecular formula is C40H75NO7. The van der Waals surface area contributed by atoms with E-state index in [1.165, 1.54) is 89.9 Å². The van der Waals surface area contributed by atoms with E-state index in [4.69, 9.17) is 14.2 Å². The molecule has 0 spiro atoms. The van der Waals surface area contributed by atoms with Gasteiger partial charge in [-0.25, -0.2) is 0 Å². The summed E-state index contributed by atoms with van der Waals surface area (Å²) in [5.74, 6) is -1.74. The maximum atomic E-state index is 12.6. The first-order valence-corrected chi connectivity index (χ1v) is 19.7. The summed E-state index contributed by atoms with van der Waals surface area (Å²) in [6.07, 6.45) is 30.8. The van der Waals surface area contributed by atoms with Gasteiger partial charge in [0.1, 0.15) is 12.6 Å². The number of quaternary nitrogens is 1. The largest absolute Gasteiger partial charge is 0.544 e. The van der Waals surface area contributed by atoms with Crippen LogP contribution in [0, 0.1) is 0 Å². The quantitative estimate of drug-likeness (QED) is 0.0286. The van der Waals surface area contributed by atoms with E-state index in [-0.39, 0.29) is 42.7 Å². The number of likely N-dealkylation sites (N-methyl/N-ethyl adjacent to an activating group) is 1. The molecule has 0 rings (SSSR count). The molecule has 0 aromatic carbocycles. The number of carbonyl (C=O) groups is 3. The molecule has 0 saturated heterocycles. The molecule has 0 aromatic heterocycles. The molecule has 0 aliphatic carbocycles. The second-order valence-electron chi connectivity index (χ2n) is 14.5. The molecule has 0 saturated carbocycles. The van der Waals surface area contributed by atoms with E-state index >= 15 is 0 Å². The van der Waals surface area contributed by atoms with Crippen molar-refractivity contribution in [2.75, 3.05) is 41.0 Å². The van der Waals surface area contributed by atoms with Crippen LogP contribution in [0.3, 0.4) is 0 Å². The van der Waals surface area contributed by atoms with E-state index in [9.17, 15) is 19.5 Å². The van der Waals surface area contributed by atoms with Gasteiger partial charge in [0, 0.05) is 19.3 Å². The van der Waals surface area contributed by atoms with Crippen molar-refractivity contribution in [1.29, 1.82) is 0 Å². The van der Waals surface area contributed by atoms with Gasteiger partial charge in [0.25, 0.3) is 0 Å². The predicted octanol–water partition coefficient (Wildman–Crippen LogP) is 8.63. The first kappa shape index (κ1) is 46.1. The fourth-order valence-corrected chi connectivity index (χ4v) is 5.77. The van der Waals surface area contributed by atoms with Gasteiger partial charge in [0.2, 0.25) is 0 Å². The average Bonchev–Trinajstić information content (AvgIpc) is 3.03. The van der Waals surface area contributed by atoms with Crippen molar-refractivity contribution in [2.45, 2.75) is 187 Å². The van der Waals surface area contributed by atoms with E-state index in [1.807, 2.05) is 0 Å².